The average Bonchev–Trinajstić information content (AvgIpc) is 1.89. The first-order chi connectivity index (χ1) is 4.77. The van der Waals surface area contributed by atoms with Gasteiger partial charge in [0, 0.05) is 0 Å². The van der Waals surface area contributed by atoms with Crippen LogP contribution in [-0.2, 0) is 0 Å². The number of hydrogen-bond donors (Lipinski definition) is 0. The first-order valence-electron chi connectivity index (χ1n) is 4.49. The summed E-state index contributed by atoms with van der Waals surface area (Å²) >= 11 is 2.10. The fraction of sp³-hybridized carbons (Fsp3) is 1.00. The van der Waals surface area contributed by atoms with E-state index in [0.717, 1.165) is 3.36 Å². The Morgan fingerprint density at radius 1 is 1.20 bits per heavy atom. The van der Waals surface area contributed by atoms with Crippen molar-refractivity contribution in [1.82, 2.24) is 0 Å². The molecule has 2 radical (unpaired) electrons. The van der Waals surface area contributed by atoms with Crippen LogP contribution in [-0.4, -0.2) is 23.0 Å². The Balaban J connectivity index is 2.32. The first-order valence-corrected chi connectivity index (χ1v) is 5.77. The molecule has 1 saturated carbocycles. The minimum absolute atomic E-state index is 0.779. The summed E-state index contributed by atoms with van der Waals surface area (Å²) in [4.78, 5) is 0. The zero-order valence-electron chi connectivity index (χ0n) is 6.90. The van der Waals surface area contributed by atoms with E-state index >= 15 is 0 Å². The Kier molecular flexibility index (Phi) is 3.56. The Hall–Kier alpha value is 0.818. The van der Waals surface area contributed by atoms with Gasteiger partial charge in [-0.25, -0.2) is 0 Å². The van der Waals surface area contributed by atoms with E-state index in [2.05, 4.69) is 29.9 Å². The monoisotopic (exact) mass is 246 g/mol. The summed E-state index contributed by atoms with van der Waals surface area (Å²) in [6.07, 6.45) is 10.4. The summed E-state index contributed by atoms with van der Waals surface area (Å²) in [6, 6.07) is 0. The number of rotatable bonds is 2. The molecule has 0 saturated heterocycles. The second-order valence-electron chi connectivity index (χ2n) is 3.54. The van der Waals surface area contributed by atoms with Gasteiger partial charge in [-0.2, -0.15) is 0 Å². The normalized spacial score (nSPS) is 24.6. The first kappa shape index (κ1) is 8.91. The second-order valence-corrected chi connectivity index (χ2v) is 6.24. The van der Waals surface area contributed by atoms with Crippen LogP contribution in [0.2, 0.25) is 3.36 Å². The van der Waals surface area contributed by atoms with Crippen LogP contribution in [0.15, 0.2) is 0 Å². The molecule has 1 fully saturated rings. The molecule has 1 heteroatoms. The van der Waals surface area contributed by atoms with Crippen LogP contribution in [0.25, 0.3) is 0 Å². The van der Waals surface area contributed by atoms with E-state index < -0.39 is 0 Å². The van der Waals surface area contributed by atoms with Crippen LogP contribution in [0, 0.1) is 0 Å². The molecule has 0 spiro atoms. The molecule has 0 nitrogen and oxygen atoms in total. The van der Waals surface area contributed by atoms with Crippen molar-refractivity contribution in [3.8, 4) is 0 Å². The fourth-order valence-electron chi connectivity index (χ4n) is 1.93. The van der Waals surface area contributed by atoms with Gasteiger partial charge in [0.2, 0.25) is 0 Å². The minimum atomic E-state index is 0.779. The van der Waals surface area contributed by atoms with E-state index in [-0.39, 0.29) is 0 Å². The SMILES string of the molecule is CCC[C]1([Sb])CCCCC1. The van der Waals surface area contributed by atoms with Crippen molar-refractivity contribution < 1.29 is 0 Å². The van der Waals surface area contributed by atoms with Crippen molar-refractivity contribution in [2.75, 3.05) is 0 Å². The van der Waals surface area contributed by atoms with Gasteiger partial charge in [-0.3, -0.25) is 0 Å². The van der Waals surface area contributed by atoms with Gasteiger partial charge in [-0.1, -0.05) is 0 Å². The van der Waals surface area contributed by atoms with Gasteiger partial charge in [0.15, 0.2) is 0 Å². The van der Waals surface area contributed by atoms with E-state index in [1.54, 1.807) is 0 Å². The van der Waals surface area contributed by atoms with E-state index in [4.69, 9.17) is 0 Å². The van der Waals surface area contributed by atoms with Crippen molar-refractivity contribution in [1.29, 1.82) is 0 Å². The maximum atomic E-state index is 2.31. The molecule has 0 aromatic heterocycles. The quantitative estimate of drug-likeness (QED) is 0.658. The van der Waals surface area contributed by atoms with E-state index in [1.165, 1.54) is 44.9 Å². The summed E-state index contributed by atoms with van der Waals surface area (Å²) in [5, 5.41) is 0. The van der Waals surface area contributed by atoms with Crippen LogP contribution >= 0.6 is 0 Å². The zero-order valence-corrected chi connectivity index (χ0v) is 9.45. The van der Waals surface area contributed by atoms with E-state index in [1.807, 2.05) is 0 Å². The molecule has 0 atom stereocenters. The van der Waals surface area contributed by atoms with Gasteiger partial charge in [0.1, 0.15) is 0 Å². The topological polar surface area (TPSA) is 0 Å². The van der Waals surface area contributed by atoms with Crippen LogP contribution in [0.4, 0.5) is 0 Å². The summed E-state index contributed by atoms with van der Waals surface area (Å²) in [5.41, 5.74) is 0. The maximum absolute atomic E-state index is 2.31. The molecule has 0 heterocycles. The molecule has 0 aromatic carbocycles. The number of hydrogen-bond acceptors (Lipinski definition) is 0. The molecule has 1 aliphatic carbocycles. The van der Waals surface area contributed by atoms with Crippen molar-refractivity contribution >= 4 is 23.0 Å². The van der Waals surface area contributed by atoms with Gasteiger partial charge in [0.25, 0.3) is 0 Å². The van der Waals surface area contributed by atoms with E-state index in [0.29, 0.717) is 0 Å². The molecule has 0 aromatic rings. The fourth-order valence-corrected chi connectivity index (χ4v) is 3.47. The van der Waals surface area contributed by atoms with E-state index in [9.17, 15) is 0 Å². The van der Waals surface area contributed by atoms with Gasteiger partial charge >= 0.3 is 78.3 Å². The van der Waals surface area contributed by atoms with Crippen LogP contribution in [0.3, 0.4) is 0 Å². The third-order valence-corrected chi connectivity index (χ3v) is 4.41. The summed E-state index contributed by atoms with van der Waals surface area (Å²) < 4.78 is 0.779. The molecule has 0 unspecified atom stereocenters. The van der Waals surface area contributed by atoms with Gasteiger partial charge < -0.3 is 0 Å². The van der Waals surface area contributed by atoms with Crippen molar-refractivity contribution in [2.45, 2.75) is 55.2 Å². The third kappa shape index (κ3) is 2.45. The molecule has 10 heavy (non-hydrogen) atoms. The Labute approximate surface area is 78.3 Å². The average molecular weight is 247 g/mol. The molecular formula is C9H17Sb. The zero-order chi connectivity index (χ0) is 7.45. The molecule has 0 amide bonds. The molecule has 0 bridgehead atoms. The van der Waals surface area contributed by atoms with Crippen LogP contribution in [0.5, 0.6) is 0 Å². The molecule has 1 aliphatic rings. The standard InChI is InChI=1S/C9H17.Sb/c1-2-6-9-7-4-3-5-8-9;/h2-8H2,1H3;. The molecule has 0 N–H and O–H groups in total. The molecular weight excluding hydrogens is 230 g/mol. The van der Waals surface area contributed by atoms with Crippen LogP contribution in [0.1, 0.15) is 51.9 Å². The predicted molar refractivity (Wildman–Crippen MR) is 46.4 cm³/mol. The second kappa shape index (κ2) is 4.00. The summed E-state index contributed by atoms with van der Waals surface area (Å²) in [7, 11) is 0. The Bertz CT molecular complexity index is 87.4. The summed E-state index contributed by atoms with van der Waals surface area (Å²) in [6.45, 7) is 2.31. The van der Waals surface area contributed by atoms with Gasteiger partial charge in [-0.05, 0) is 0 Å². The predicted octanol–water partition coefficient (Wildman–Crippen LogP) is 3.08. The van der Waals surface area contributed by atoms with Crippen molar-refractivity contribution in [2.24, 2.45) is 0 Å². The third-order valence-electron chi connectivity index (χ3n) is 2.50. The molecule has 58 valence electrons. The summed E-state index contributed by atoms with van der Waals surface area (Å²) in [5.74, 6) is 0. The van der Waals surface area contributed by atoms with Gasteiger partial charge in [0.05, 0.1) is 0 Å². The van der Waals surface area contributed by atoms with Crippen LogP contribution < -0.4 is 0 Å². The molecule has 1 rings (SSSR count). The van der Waals surface area contributed by atoms with Gasteiger partial charge in [-0.15, -0.1) is 0 Å². The molecule has 0 aliphatic heterocycles. The Morgan fingerprint density at radius 3 is 2.30 bits per heavy atom. The van der Waals surface area contributed by atoms with Crippen molar-refractivity contribution in [3.05, 3.63) is 0 Å². The Morgan fingerprint density at radius 2 is 1.80 bits per heavy atom. The van der Waals surface area contributed by atoms with Crippen molar-refractivity contribution in [3.63, 3.8) is 0 Å².